The molecule has 0 N–H and O–H groups in total. The number of carbonyl (C=O) groups is 1. The van der Waals surface area contributed by atoms with Crippen LogP contribution >= 0.6 is 0 Å². The highest BCUT2D eigenvalue weighted by Crippen LogP contribution is 2.18. The zero-order valence-corrected chi connectivity index (χ0v) is 16.0. The average Bonchev–Trinajstić information content (AvgIpc) is 3.06. The SMILES string of the molecule is Cc1cccc(C(=O)N2CCCN(Cc3nnc(-c4ccccc4)o3)CC2)c1. The van der Waals surface area contributed by atoms with Crippen LogP contribution in [0, 0.1) is 6.92 Å². The predicted octanol–water partition coefficient (Wildman–Crippen LogP) is 3.39. The standard InChI is InChI=1S/C22H24N4O2/c1-17-7-5-10-19(15-17)22(27)26-12-6-11-25(13-14-26)16-20-23-24-21(28-20)18-8-3-2-4-9-18/h2-5,7-10,15H,6,11-14,16H2,1H3. The van der Waals surface area contributed by atoms with E-state index in [4.69, 9.17) is 4.42 Å². The summed E-state index contributed by atoms with van der Waals surface area (Å²) < 4.78 is 5.83. The quantitative estimate of drug-likeness (QED) is 0.698. The van der Waals surface area contributed by atoms with Crippen LogP contribution in [-0.4, -0.2) is 52.1 Å². The number of nitrogens with zero attached hydrogens (tertiary/aromatic N) is 4. The van der Waals surface area contributed by atoms with Crippen LogP contribution in [0.15, 0.2) is 59.0 Å². The van der Waals surface area contributed by atoms with Gasteiger partial charge < -0.3 is 9.32 Å². The van der Waals surface area contributed by atoms with E-state index in [-0.39, 0.29) is 5.91 Å². The van der Waals surface area contributed by atoms with Gasteiger partial charge in [-0.05, 0) is 37.6 Å². The lowest BCUT2D eigenvalue weighted by atomic mass is 10.1. The van der Waals surface area contributed by atoms with Gasteiger partial charge in [0.25, 0.3) is 5.91 Å². The van der Waals surface area contributed by atoms with Crippen LogP contribution in [0.1, 0.15) is 28.2 Å². The smallest absolute Gasteiger partial charge is 0.253 e. The van der Waals surface area contributed by atoms with Crippen molar-refractivity contribution in [3.05, 3.63) is 71.6 Å². The van der Waals surface area contributed by atoms with Crippen LogP contribution in [0.2, 0.25) is 0 Å². The maximum Gasteiger partial charge on any atom is 0.253 e. The average molecular weight is 376 g/mol. The van der Waals surface area contributed by atoms with Gasteiger partial charge in [-0.25, -0.2) is 0 Å². The third-order valence-corrected chi connectivity index (χ3v) is 4.99. The molecular weight excluding hydrogens is 352 g/mol. The first-order chi connectivity index (χ1) is 13.7. The number of hydrogen-bond acceptors (Lipinski definition) is 5. The van der Waals surface area contributed by atoms with Gasteiger partial charge >= 0.3 is 0 Å². The maximum absolute atomic E-state index is 12.8. The molecule has 1 aliphatic heterocycles. The number of rotatable bonds is 4. The van der Waals surface area contributed by atoms with Crippen molar-refractivity contribution < 1.29 is 9.21 Å². The summed E-state index contributed by atoms with van der Waals surface area (Å²) in [7, 11) is 0. The Bertz CT molecular complexity index is 938. The zero-order chi connectivity index (χ0) is 19.3. The van der Waals surface area contributed by atoms with E-state index >= 15 is 0 Å². The lowest BCUT2D eigenvalue weighted by molar-refractivity contribution is 0.0760. The molecule has 1 saturated heterocycles. The molecule has 2 aromatic carbocycles. The molecular formula is C22H24N4O2. The van der Waals surface area contributed by atoms with E-state index in [0.717, 1.165) is 42.7 Å². The van der Waals surface area contributed by atoms with Crippen LogP contribution in [0.5, 0.6) is 0 Å². The number of benzene rings is 2. The summed E-state index contributed by atoms with van der Waals surface area (Å²) in [4.78, 5) is 17.0. The molecule has 0 unspecified atom stereocenters. The highest BCUT2D eigenvalue weighted by atomic mass is 16.4. The van der Waals surface area contributed by atoms with Crippen molar-refractivity contribution in [1.82, 2.24) is 20.0 Å². The molecule has 4 rings (SSSR count). The number of aromatic nitrogens is 2. The van der Waals surface area contributed by atoms with E-state index in [2.05, 4.69) is 15.1 Å². The van der Waals surface area contributed by atoms with Crippen molar-refractivity contribution in [3.63, 3.8) is 0 Å². The van der Waals surface area contributed by atoms with Crippen LogP contribution < -0.4 is 0 Å². The highest BCUT2D eigenvalue weighted by Gasteiger charge is 2.21. The van der Waals surface area contributed by atoms with E-state index in [1.54, 1.807) is 0 Å². The molecule has 1 amide bonds. The molecule has 0 saturated carbocycles. The van der Waals surface area contributed by atoms with Gasteiger partial charge in [-0.3, -0.25) is 9.69 Å². The van der Waals surface area contributed by atoms with Gasteiger partial charge in [-0.15, -0.1) is 10.2 Å². The van der Waals surface area contributed by atoms with Gasteiger partial charge in [-0.1, -0.05) is 35.9 Å². The minimum absolute atomic E-state index is 0.106. The largest absolute Gasteiger partial charge is 0.419 e. The molecule has 1 fully saturated rings. The number of aryl methyl sites for hydroxylation is 1. The fourth-order valence-electron chi connectivity index (χ4n) is 3.50. The molecule has 6 nitrogen and oxygen atoms in total. The van der Waals surface area contributed by atoms with E-state index in [9.17, 15) is 4.79 Å². The van der Waals surface area contributed by atoms with Crippen molar-refractivity contribution >= 4 is 5.91 Å². The van der Waals surface area contributed by atoms with Crippen LogP contribution in [0.3, 0.4) is 0 Å². The third-order valence-electron chi connectivity index (χ3n) is 4.99. The number of amides is 1. The Labute approximate surface area is 164 Å². The summed E-state index contributed by atoms with van der Waals surface area (Å²) in [5.41, 5.74) is 2.79. The molecule has 3 aromatic rings. The van der Waals surface area contributed by atoms with Crippen molar-refractivity contribution in [3.8, 4) is 11.5 Å². The topological polar surface area (TPSA) is 62.5 Å². The second-order valence-electron chi connectivity index (χ2n) is 7.16. The molecule has 0 bridgehead atoms. The van der Waals surface area contributed by atoms with E-state index in [1.165, 1.54) is 0 Å². The highest BCUT2D eigenvalue weighted by molar-refractivity contribution is 5.94. The first kappa shape index (κ1) is 18.4. The van der Waals surface area contributed by atoms with Crippen molar-refractivity contribution in [1.29, 1.82) is 0 Å². The lowest BCUT2D eigenvalue weighted by Gasteiger charge is -2.21. The lowest BCUT2D eigenvalue weighted by Crippen LogP contribution is -2.35. The fraction of sp³-hybridized carbons (Fsp3) is 0.318. The van der Waals surface area contributed by atoms with Crippen LogP contribution in [0.25, 0.3) is 11.5 Å². The Hall–Kier alpha value is -2.99. The predicted molar refractivity (Wildman–Crippen MR) is 107 cm³/mol. The Balaban J connectivity index is 1.37. The molecule has 6 heteroatoms. The Kier molecular flexibility index (Phi) is 5.48. The van der Waals surface area contributed by atoms with Gasteiger partial charge in [0, 0.05) is 37.3 Å². The number of hydrogen-bond donors (Lipinski definition) is 0. The van der Waals surface area contributed by atoms with Gasteiger partial charge in [-0.2, -0.15) is 0 Å². The molecule has 0 spiro atoms. The van der Waals surface area contributed by atoms with Crippen molar-refractivity contribution in [2.75, 3.05) is 26.2 Å². The normalized spacial score (nSPS) is 15.4. The summed E-state index contributed by atoms with van der Waals surface area (Å²) in [6.07, 6.45) is 0.928. The molecule has 1 aromatic heterocycles. The molecule has 2 heterocycles. The van der Waals surface area contributed by atoms with Gasteiger partial charge in [0.2, 0.25) is 11.8 Å². The maximum atomic E-state index is 12.8. The first-order valence-corrected chi connectivity index (χ1v) is 9.65. The first-order valence-electron chi connectivity index (χ1n) is 9.65. The van der Waals surface area contributed by atoms with E-state index < -0.39 is 0 Å². The van der Waals surface area contributed by atoms with Crippen LogP contribution in [-0.2, 0) is 6.54 Å². The second-order valence-corrected chi connectivity index (χ2v) is 7.16. The molecule has 0 atom stereocenters. The third kappa shape index (κ3) is 4.28. The van der Waals surface area contributed by atoms with E-state index in [0.29, 0.717) is 24.9 Å². The molecule has 1 aliphatic rings. The molecule has 28 heavy (non-hydrogen) atoms. The summed E-state index contributed by atoms with van der Waals surface area (Å²) >= 11 is 0. The molecule has 144 valence electrons. The Morgan fingerprint density at radius 2 is 1.86 bits per heavy atom. The summed E-state index contributed by atoms with van der Waals surface area (Å²) in [6, 6.07) is 17.6. The summed E-state index contributed by atoms with van der Waals surface area (Å²) in [6.45, 7) is 5.78. The molecule has 0 aliphatic carbocycles. The minimum atomic E-state index is 0.106. The van der Waals surface area contributed by atoms with Crippen molar-refractivity contribution in [2.24, 2.45) is 0 Å². The minimum Gasteiger partial charge on any atom is -0.419 e. The zero-order valence-electron chi connectivity index (χ0n) is 16.0. The van der Waals surface area contributed by atoms with Crippen LogP contribution in [0.4, 0.5) is 0 Å². The monoisotopic (exact) mass is 376 g/mol. The van der Waals surface area contributed by atoms with E-state index in [1.807, 2.05) is 66.4 Å². The Morgan fingerprint density at radius 3 is 2.68 bits per heavy atom. The van der Waals surface area contributed by atoms with Gasteiger partial charge in [0.15, 0.2) is 0 Å². The number of carbonyl (C=O) groups excluding carboxylic acids is 1. The molecule has 0 radical (unpaired) electrons. The summed E-state index contributed by atoms with van der Waals surface area (Å²) in [5, 5.41) is 8.35. The fourth-order valence-corrected chi connectivity index (χ4v) is 3.50. The summed E-state index contributed by atoms with van der Waals surface area (Å²) in [5.74, 6) is 1.26. The van der Waals surface area contributed by atoms with Crippen molar-refractivity contribution in [2.45, 2.75) is 19.9 Å². The van der Waals surface area contributed by atoms with Gasteiger partial charge in [0.1, 0.15) is 0 Å². The second kappa shape index (κ2) is 8.35. The van der Waals surface area contributed by atoms with Gasteiger partial charge in [0.05, 0.1) is 6.54 Å². The Morgan fingerprint density at radius 1 is 1.00 bits per heavy atom.